The van der Waals surface area contributed by atoms with E-state index in [4.69, 9.17) is 4.74 Å². The van der Waals surface area contributed by atoms with E-state index in [0.29, 0.717) is 11.3 Å². The lowest BCUT2D eigenvalue weighted by atomic mass is 9.73. The number of methoxy groups -OCH3 is 1. The first-order chi connectivity index (χ1) is 10.9. The molecule has 0 saturated heterocycles. The fraction of sp³-hybridized carbons (Fsp3) is 0.300. The quantitative estimate of drug-likeness (QED) is 0.833. The van der Waals surface area contributed by atoms with Crippen LogP contribution < -0.4 is 4.74 Å². The molecule has 2 aromatic rings. The summed E-state index contributed by atoms with van der Waals surface area (Å²) in [6, 6.07) is 8.82. The summed E-state index contributed by atoms with van der Waals surface area (Å²) in [5.74, 6) is 0.367. The number of ether oxygens (including phenoxy) is 1. The number of aliphatic hydroxyl groups excluding tert-OH is 1. The van der Waals surface area contributed by atoms with Crippen molar-refractivity contribution in [1.29, 1.82) is 0 Å². The summed E-state index contributed by atoms with van der Waals surface area (Å²) in [6.45, 7) is 8.09. The first-order valence-corrected chi connectivity index (χ1v) is 7.68. The maximum absolute atomic E-state index is 14.6. The third kappa shape index (κ3) is 2.27. The molecule has 0 aliphatic heterocycles. The van der Waals surface area contributed by atoms with Crippen LogP contribution in [0.3, 0.4) is 0 Å². The number of hydrogen-bond donors (Lipinski definition) is 1. The molecule has 0 fully saturated rings. The Morgan fingerprint density at radius 3 is 2.65 bits per heavy atom. The second kappa shape index (κ2) is 5.50. The van der Waals surface area contributed by atoms with E-state index in [1.54, 1.807) is 13.2 Å². The lowest BCUT2D eigenvalue weighted by molar-refractivity contribution is 0.281. The molecule has 1 unspecified atom stereocenters. The van der Waals surface area contributed by atoms with Crippen LogP contribution in [0.4, 0.5) is 4.39 Å². The standard InChI is InChI=1S/C20H21FO2/c1-5-20(2,3)19-14-10-12(11-22)6-7-13(14)17-15(21)8-9-16(23-4)18(17)19/h5-10,19,22H,1,11H2,2-4H3. The van der Waals surface area contributed by atoms with Crippen LogP contribution >= 0.6 is 0 Å². The van der Waals surface area contributed by atoms with E-state index in [9.17, 15) is 9.50 Å². The Morgan fingerprint density at radius 1 is 1.30 bits per heavy atom. The minimum absolute atomic E-state index is 0.0372. The molecule has 0 aromatic heterocycles. The number of aliphatic hydroxyl groups is 1. The third-order valence-corrected chi connectivity index (χ3v) is 4.81. The minimum atomic E-state index is -0.283. The number of halogens is 1. The molecule has 0 radical (unpaired) electrons. The van der Waals surface area contributed by atoms with Crippen LogP contribution in [0.15, 0.2) is 43.0 Å². The summed E-state index contributed by atoms with van der Waals surface area (Å²) in [5, 5.41) is 9.47. The minimum Gasteiger partial charge on any atom is -0.496 e. The molecule has 0 saturated carbocycles. The number of fused-ring (bicyclic) bond motifs is 3. The van der Waals surface area contributed by atoms with Gasteiger partial charge in [0.2, 0.25) is 0 Å². The highest BCUT2D eigenvalue weighted by atomic mass is 19.1. The Kier molecular flexibility index (Phi) is 3.77. The smallest absolute Gasteiger partial charge is 0.131 e. The molecule has 120 valence electrons. The summed E-state index contributed by atoms with van der Waals surface area (Å²) in [5.41, 5.74) is 3.88. The normalized spacial score (nSPS) is 16.0. The Labute approximate surface area is 136 Å². The van der Waals surface area contributed by atoms with Gasteiger partial charge in [0.25, 0.3) is 0 Å². The van der Waals surface area contributed by atoms with E-state index in [1.165, 1.54) is 6.07 Å². The van der Waals surface area contributed by atoms with E-state index >= 15 is 0 Å². The van der Waals surface area contributed by atoms with Crippen LogP contribution in [0.2, 0.25) is 0 Å². The van der Waals surface area contributed by atoms with Gasteiger partial charge in [-0.2, -0.15) is 0 Å². The number of benzene rings is 2. The molecule has 1 N–H and O–H groups in total. The highest BCUT2D eigenvalue weighted by Crippen LogP contribution is 2.56. The molecule has 0 heterocycles. The average Bonchev–Trinajstić information content (AvgIpc) is 2.90. The number of hydrogen-bond acceptors (Lipinski definition) is 2. The first kappa shape index (κ1) is 15.8. The van der Waals surface area contributed by atoms with Crippen LogP contribution in [0.5, 0.6) is 5.75 Å². The Hall–Kier alpha value is -2.13. The van der Waals surface area contributed by atoms with E-state index in [-0.39, 0.29) is 23.8 Å². The molecule has 1 atom stereocenters. The lowest BCUT2D eigenvalue weighted by Gasteiger charge is -2.31. The summed E-state index contributed by atoms with van der Waals surface area (Å²) in [7, 11) is 1.60. The zero-order valence-corrected chi connectivity index (χ0v) is 13.7. The van der Waals surface area contributed by atoms with Gasteiger partial charge in [-0.25, -0.2) is 4.39 Å². The lowest BCUT2D eigenvalue weighted by Crippen LogP contribution is -2.19. The van der Waals surface area contributed by atoms with Crippen molar-refractivity contribution < 1.29 is 14.2 Å². The molecule has 2 nitrogen and oxygen atoms in total. The summed E-state index contributed by atoms with van der Waals surface area (Å²) in [4.78, 5) is 0. The molecule has 3 heteroatoms. The van der Waals surface area contributed by atoms with Crippen LogP contribution in [0, 0.1) is 11.2 Å². The summed E-state index contributed by atoms with van der Waals surface area (Å²) < 4.78 is 20.1. The van der Waals surface area contributed by atoms with Crippen molar-refractivity contribution in [2.75, 3.05) is 7.11 Å². The molecule has 0 spiro atoms. The van der Waals surface area contributed by atoms with Crippen LogP contribution in [-0.2, 0) is 6.61 Å². The van der Waals surface area contributed by atoms with Gasteiger partial charge in [0.1, 0.15) is 11.6 Å². The SMILES string of the molecule is C=CC(C)(C)C1c2cc(CO)ccc2-c2c(F)ccc(OC)c21. The van der Waals surface area contributed by atoms with Crippen LogP contribution in [0.1, 0.15) is 36.5 Å². The van der Waals surface area contributed by atoms with Crippen molar-refractivity contribution in [2.24, 2.45) is 5.41 Å². The fourth-order valence-electron chi connectivity index (χ4n) is 3.54. The highest BCUT2D eigenvalue weighted by Gasteiger charge is 2.41. The van der Waals surface area contributed by atoms with Crippen molar-refractivity contribution in [2.45, 2.75) is 26.4 Å². The molecular weight excluding hydrogens is 291 g/mol. The number of allylic oxidation sites excluding steroid dienone is 1. The summed E-state index contributed by atoms with van der Waals surface area (Å²) >= 11 is 0. The van der Waals surface area contributed by atoms with Gasteiger partial charge in [-0.3, -0.25) is 0 Å². The van der Waals surface area contributed by atoms with Gasteiger partial charge >= 0.3 is 0 Å². The Bertz CT molecular complexity index is 777. The van der Waals surface area contributed by atoms with Gasteiger partial charge in [0, 0.05) is 17.0 Å². The highest BCUT2D eigenvalue weighted by molar-refractivity contribution is 5.82. The monoisotopic (exact) mass is 312 g/mol. The molecule has 23 heavy (non-hydrogen) atoms. The summed E-state index contributed by atoms with van der Waals surface area (Å²) in [6.07, 6.45) is 1.90. The van der Waals surface area contributed by atoms with E-state index in [0.717, 1.165) is 22.3 Å². The van der Waals surface area contributed by atoms with Gasteiger partial charge in [0.15, 0.2) is 0 Å². The van der Waals surface area contributed by atoms with Crippen molar-refractivity contribution in [1.82, 2.24) is 0 Å². The van der Waals surface area contributed by atoms with E-state index < -0.39 is 0 Å². The molecule has 1 aliphatic rings. The zero-order valence-electron chi connectivity index (χ0n) is 13.7. The molecule has 0 amide bonds. The largest absolute Gasteiger partial charge is 0.496 e. The van der Waals surface area contributed by atoms with Gasteiger partial charge < -0.3 is 9.84 Å². The topological polar surface area (TPSA) is 29.5 Å². The van der Waals surface area contributed by atoms with Crippen molar-refractivity contribution in [3.8, 4) is 16.9 Å². The average molecular weight is 312 g/mol. The molecule has 2 aromatic carbocycles. The van der Waals surface area contributed by atoms with E-state index in [1.807, 2.05) is 24.3 Å². The van der Waals surface area contributed by atoms with Gasteiger partial charge in [-0.15, -0.1) is 6.58 Å². The maximum Gasteiger partial charge on any atom is 0.131 e. The molecular formula is C20H21FO2. The Balaban J connectivity index is 2.38. The van der Waals surface area contributed by atoms with Gasteiger partial charge in [-0.05, 0) is 34.2 Å². The van der Waals surface area contributed by atoms with Crippen molar-refractivity contribution in [3.63, 3.8) is 0 Å². The second-order valence-corrected chi connectivity index (χ2v) is 6.58. The van der Waals surface area contributed by atoms with Crippen molar-refractivity contribution >= 4 is 0 Å². The zero-order chi connectivity index (χ0) is 16.8. The van der Waals surface area contributed by atoms with Gasteiger partial charge in [0.05, 0.1) is 13.7 Å². The van der Waals surface area contributed by atoms with Crippen LogP contribution in [-0.4, -0.2) is 12.2 Å². The first-order valence-electron chi connectivity index (χ1n) is 7.68. The van der Waals surface area contributed by atoms with Crippen LogP contribution in [0.25, 0.3) is 11.1 Å². The second-order valence-electron chi connectivity index (χ2n) is 6.58. The number of rotatable bonds is 4. The third-order valence-electron chi connectivity index (χ3n) is 4.81. The molecule has 1 aliphatic carbocycles. The maximum atomic E-state index is 14.6. The Morgan fingerprint density at radius 2 is 2.04 bits per heavy atom. The molecule has 3 rings (SSSR count). The van der Waals surface area contributed by atoms with Crippen molar-refractivity contribution in [3.05, 3.63) is 65.5 Å². The predicted molar refractivity (Wildman–Crippen MR) is 90.1 cm³/mol. The van der Waals surface area contributed by atoms with Gasteiger partial charge in [-0.1, -0.05) is 38.1 Å². The predicted octanol–water partition coefficient (Wildman–Crippen LogP) is 4.65. The van der Waals surface area contributed by atoms with E-state index in [2.05, 4.69) is 20.4 Å². The molecule has 0 bridgehead atoms. The fourth-order valence-corrected chi connectivity index (χ4v) is 3.54.